The summed E-state index contributed by atoms with van der Waals surface area (Å²) >= 11 is 0. The number of H-pyrrole nitrogens is 1. The van der Waals surface area contributed by atoms with Crippen molar-refractivity contribution in [1.29, 1.82) is 0 Å². The number of nitro benzene ring substituents is 2. The average Bonchev–Trinajstić information content (AvgIpc) is 2.99. The molecule has 10 heteroatoms. The molecule has 0 amide bonds. The zero-order valence-electron chi connectivity index (χ0n) is 16.2. The lowest BCUT2D eigenvalue weighted by molar-refractivity contribution is -0.906. The second kappa shape index (κ2) is 8.30. The number of hydrogen-bond acceptors (Lipinski definition) is 6. The van der Waals surface area contributed by atoms with E-state index in [4.69, 9.17) is 0 Å². The van der Waals surface area contributed by atoms with Gasteiger partial charge in [0.2, 0.25) is 0 Å². The molecule has 0 aliphatic carbocycles. The fourth-order valence-electron chi connectivity index (χ4n) is 3.11. The number of aromatic nitrogens is 2. The van der Waals surface area contributed by atoms with Crippen LogP contribution in [0.2, 0.25) is 0 Å². The van der Waals surface area contributed by atoms with Gasteiger partial charge in [-0.1, -0.05) is 0 Å². The van der Waals surface area contributed by atoms with Crippen LogP contribution in [-0.2, 0) is 0 Å². The highest BCUT2D eigenvalue weighted by Crippen LogP contribution is 2.40. The normalized spacial score (nSPS) is 11.7. The number of nitrogens with zero attached hydrogens (tertiary/aromatic N) is 4. The molecule has 1 heterocycles. The molecule has 1 aromatic heterocycles. The molecule has 0 saturated carbocycles. The summed E-state index contributed by atoms with van der Waals surface area (Å²) in [5, 5.41) is 26.0. The van der Waals surface area contributed by atoms with Crippen LogP contribution >= 0.6 is 0 Å². The van der Waals surface area contributed by atoms with Crippen molar-refractivity contribution in [2.75, 3.05) is 38.5 Å². The molecule has 2 N–H and O–H groups in total. The second-order valence-electron chi connectivity index (χ2n) is 6.96. The lowest BCUT2D eigenvalue weighted by Gasteiger charge is -2.32. The van der Waals surface area contributed by atoms with Crippen LogP contribution in [0.15, 0.2) is 6.07 Å². The Balaban J connectivity index is 2.23. The van der Waals surface area contributed by atoms with Crippen molar-refractivity contribution in [2.24, 2.45) is 0 Å². The van der Waals surface area contributed by atoms with Crippen LogP contribution in [0.3, 0.4) is 0 Å². The molecule has 1 aromatic carbocycles. The predicted molar refractivity (Wildman–Crippen MR) is 104 cm³/mol. The van der Waals surface area contributed by atoms with Crippen molar-refractivity contribution in [3.8, 4) is 0 Å². The van der Waals surface area contributed by atoms with Crippen molar-refractivity contribution in [3.05, 3.63) is 32.1 Å². The van der Waals surface area contributed by atoms with Gasteiger partial charge in [-0.05, 0) is 33.6 Å². The Labute approximate surface area is 157 Å². The van der Waals surface area contributed by atoms with E-state index in [0.29, 0.717) is 12.4 Å². The van der Waals surface area contributed by atoms with Gasteiger partial charge in [0.1, 0.15) is 5.82 Å². The Morgan fingerprint density at radius 2 is 1.85 bits per heavy atom. The first-order valence-electron chi connectivity index (χ1n) is 9.12. The summed E-state index contributed by atoms with van der Waals surface area (Å²) in [7, 11) is 2.19. The third-order valence-corrected chi connectivity index (χ3v) is 5.18. The van der Waals surface area contributed by atoms with Gasteiger partial charge in [0.15, 0.2) is 11.2 Å². The van der Waals surface area contributed by atoms with Crippen LogP contribution in [0.4, 0.5) is 17.1 Å². The minimum Gasteiger partial charge on any atom is -0.374 e. The molecular weight excluding hydrogens is 352 g/mol. The van der Waals surface area contributed by atoms with Gasteiger partial charge < -0.3 is 14.8 Å². The van der Waals surface area contributed by atoms with Crippen LogP contribution in [0.1, 0.15) is 32.5 Å². The zero-order valence-corrected chi connectivity index (χ0v) is 16.2. The lowest BCUT2D eigenvalue weighted by Crippen LogP contribution is -2.44. The first kappa shape index (κ1) is 20.6. The number of rotatable bonds is 10. The number of benzene rings is 1. The highest BCUT2D eigenvalue weighted by atomic mass is 16.6. The minimum absolute atomic E-state index is 0.0766. The Bertz CT molecular complexity index is 844. The quantitative estimate of drug-likeness (QED) is 0.282. The van der Waals surface area contributed by atoms with E-state index in [1.165, 1.54) is 6.07 Å². The molecule has 0 fully saturated rings. The maximum atomic E-state index is 11.6. The molecule has 2 rings (SSSR count). The molecule has 0 bridgehead atoms. The fourth-order valence-corrected chi connectivity index (χ4v) is 3.11. The molecular formula is C17H27N6O4+. The summed E-state index contributed by atoms with van der Waals surface area (Å²) in [6.07, 6.45) is 1.69. The van der Waals surface area contributed by atoms with E-state index in [2.05, 4.69) is 36.2 Å². The molecule has 0 atom stereocenters. The smallest absolute Gasteiger partial charge is 0.327 e. The number of nitro groups is 2. The maximum Gasteiger partial charge on any atom is 0.327 e. The second-order valence-corrected chi connectivity index (χ2v) is 6.96. The van der Waals surface area contributed by atoms with Gasteiger partial charge in [0.25, 0.3) is 0 Å². The monoisotopic (exact) mass is 379 g/mol. The fraction of sp³-hybridized carbons (Fsp3) is 0.588. The van der Waals surface area contributed by atoms with Crippen LogP contribution in [-0.4, -0.2) is 57.5 Å². The van der Waals surface area contributed by atoms with E-state index in [-0.39, 0.29) is 28.1 Å². The number of hydrogen-bond donors (Lipinski definition) is 2. The zero-order chi connectivity index (χ0) is 20.2. The largest absolute Gasteiger partial charge is 0.374 e. The summed E-state index contributed by atoms with van der Waals surface area (Å²) in [6.45, 7) is 9.44. The summed E-state index contributed by atoms with van der Waals surface area (Å²) in [6, 6.07) is 1.30. The number of unbranched alkanes of at least 4 members (excludes halogenated alkanes) is 1. The van der Waals surface area contributed by atoms with E-state index in [0.717, 1.165) is 37.0 Å². The third-order valence-electron chi connectivity index (χ3n) is 5.18. The van der Waals surface area contributed by atoms with Gasteiger partial charge in [-0.3, -0.25) is 20.2 Å². The molecule has 148 valence electrons. The molecule has 27 heavy (non-hydrogen) atoms. The average molecular weight is 379 g/mol. The molecule has 0 unspecified atom stereocenters. The van der Waals surface area contributed by atoms with Crippen LogP contribution in [0.25, 0.3) is 11.0 Å². The van der Waals surface area contributed by atoms with E-state index in [9.17, 15) is 20.2 Å². The van der Waals surface area contributed by atoms with Crippen molar-refractivity contribution >= 4 is 28.1 Å². The van der Waals surface area contributed by atoms with Gasteiger partial charge in [-0.15, -0.1) is 0 Å². The predicted octanol–water partition coefficient (Wildman–Crippen LogP) is 3.37. The van der Waals surface area contributed by atoms with Crippen molar-refractivity contribution in [3.63, 3.8) is 0 Å². The number of imidazole rings is 1. The lowest BCUT2D eigenvalue weighted by atomic mass is 10.2. The Kier molecular flexibility index (Phi) is 6.32. The van der Waals surface area contributed by atoms with E-state index in [1.807, 2.05) is 0 Å². The highest BCUT2D eigenvalue weighted by Gasteiger charge is 2.30. The third kappa shape index (κ3) is 4.51. The van der Waals surface area contributed by atoms with E-state index < -0.39 is 9.85 Å². The van der Waals surface area contributed by atoms with E-state index >= 15 is 0 Å². The van der Waals surface area contributed by atoms with Gasteiger partial charge in [0, 0.05) is 12.6 Å². The molecule has 10 nitrogen and oxygen atoms in total. The van der Waals surface area contributed by atoms with Gasteiger partial charge in [-0.2, -0.15) is 0 Å². The summed E-state index contributed by atoms with van der Waals surface area (Å²) in [5.41, 5.74) is -0.332. The highest BCUT2D eigenvalue weighted by molar-refractivity contribution is 5.96. The molecule has 2 aromatic rings. The topological polar surface area (TPSA) is 127 Å². The Morgan fingerprint density at radius 1 is 1.19 bits per heavy atom. The minimum atomic E-state index is -0.611. The van der Waals surface area contributed by atoms with Crippen molar-refractivity contribution < 1.29 is 14.3 Å². The van der Waals surface area contributed by atoms with Crippen LogP contribution in [0, 0.1) is 27.2 Å². The molecule has 0 spiro atoms. The number of nitrogens with one attached hydrogen (secondary N) is 2. The van der Waals surface area contributed by atoms with Crippen LogP contribution < -0.4 is 5.32 Å². The SMILES string of the molecule is CC[N+](C)(CC)CCCCNc1c([N+](=O)[O-])cc2[nH]c(C)nc2c1[N+](=O)[O-]. The molecule has 0 aliphatic rings. The molecule has 0 aliphatic heterocycles. The number of fused-ring (bicyclic) bond motifs is 1. The first-order valence-corrected chi connectivity index (χ1v) is 9.12. The van der Waals surface area contributed by atoms with Crippen molar-refractivity contribution in [1.82, 2.24) is 9.97 Å². The molecule has 0 radical (unpaired) electrons. The summed E-state index contributed by atoms with van der Waals surface area (Å²) in [5.74, 6) is 0.468. The van der Waals surface area contributed by atoms with E-state index in [1.54, 1.807) is 6.92 Å². The Hall–Kier alpha value is -2.75. The first-order chi connectivity index (χ1) is 12.7. The standard InChI is InChI=1S/C17H27N6O4/c1-5-23(4,6-2)10-8-7-9-18-16-14(21(24)25)11-13-15(17(16)22(26)27)20-12(3)19-13/h11,18H,5-10H2,1-4H3,(H,19,20)/q+1. The number of quaternary nitrogens is 1. The van der Waals surface area contributed by atoms with Gasteiger partial charge in [-0.25, -0.2) is 4.98 Å². The Morgan fingerprint density at radius 3 is 2.41 bits per heavy atom. The summed E-state index contributed by atoms with van der Waals surface area (Å²) in [4.78, 5) is 28.8. The van der Waals surface area contributed by atoms with Gasteiger partial charge in [0.05, 0.1) is 42.0 Å². The molecule has 0 saturated heterocycles. The maximum absolute atomic E-state index is 11.6. The number of aromatic amines is 1. The van der Waals surface area contributed by atoms with Gasteiger partial charge >= 0.3 is 11.4 Å². The number of aryl methyl sites for hydroxylation is 1. The number of anilines is 1. The van der Waals surface area contributed by atoms with Crippen molar-refractivity contribution in [2.45, 2.75) is 33.6 Å². The van der Waals surface area contributed by atoms with Crippen LogP contribution in [0.5, 0.6) is 0 Å². The summed E-state index contributed by atoms with van der Waals surface area (Å²) < 4.78 is 0.957.